The van der Waals surface area contributed by atoms with E-state index in [0.29, 0.717) is 11.1 Å². The van der Waals surface area contributed by atoms with Crippen molar-refractivity contribution in [3.05, 3.63) is 74.6 Å². The second kappa shape index (κ2) is 7.17. The minimum atomic E-state index is -0.735. The Morgan fingerprint density at radius 3 is 2.57 bits per heavy atom. The average Bonchev–Trinajstić information content (AvgIpc) is 3.00. The number of furan rings is 1. The van der Waals surface area contributed by atoms with Gasteiger partial charge in [0.2, 0.25) is 0 Å². The molecule has 0 spiro atoms. The molecule has 1 unspecified atom stereocenters. The summed E-state index contributed by atoms with van der Waals surface area (Å²) >= 11 is 0. The van der Waals surface area contributed by atoms with Gasteiger partial charge in [0.15, 0.2) is 0 Å². The second-order valence-corrected chi connectivity index (χ2v) is 5.10. The van der Waals surface area contributed by atoms with Crippen LogP contribution < -0.4 is 40.6 Å². The first-order chi connectivity index (χ1) is 10.6. The molecule has 0 N–H and O–H groups in total. The van der Waals surface area contributed by atoms with E-state index in [1.54, 1.807) is 36.4 Å². The average molecular weight is 320 g/mol. The number of carbonyl (C=O) groups excluding carboxylic acids is 1. The number of hydrogen-bond donors (Lipinski definition) is 0. The van der Waals surface area contributed by atoms with Crippen LogP contribution >= 0.6 is 0 Å². The fourth-order valence-corrected chi connectivity index (χ4v) is 2.56. The van der Waals surface area contributed by atoms with E-state index < -0.39 is 17.0 Å². The zero-order valence-corrected chi connectivity index (χ0v) is 14.9. The first-order valence-electron chi connectivity index (χ1n) is 6.83. The van der Waals surface area contributed by atoms with Crippen LogP contribution in [-0.4, -0.2) is 5.78 Å². The number of fused-ring (bicyclic) bond motifs is 1. The summed E-state index contributed by atoms with van der Waals surface area (Å²) < 4.78 is 10.5. The minimum absolute atomic E-state index is 0. The third kappa shape index (κ3) is 3.42. The maximum atomic E-state index is 12.7. The Morgan fingerprint density at radius 1 is 1.17 bits per heavy atom. The molecule has 0 saturated heterocycles. The summed E-state index contributed by atoms with van der Waals surface area (Å²) in [5.41, 5.74) is -0.980. The third-order valence-electron chi connectivity index (χ3n) is 3.53. The molecular formula is C17H13NaO5. The van der Waals surface area contributed by atoms with Crippen molar-refractivity contribution in [1.29, 1.82) is 0 Å². The number of ketones is 1. The van der Waals surface area contributed by atoms with Crippen LogP contribution in [0.2, 0.25) is 0 Å². The Morgan fingerprint density at radius 2 is 1.91 bits per heavy atom. The van der Waals surface area contributed by atoms with E-state index in [-0.39, 0.29) is 52.9 Å². The van der Waals surface area contributed by atoms with Gasteiger partial charge in [0.25, 0.3) is 5.63 Å². The largest absolute Gasteiger partial charge is 1.00 e. The van der Waals surface area contributed by atoms with Crippen LogP contribution in [0, 0.1) is 0 Å². The molecule has 2 aromatic heterocycles. The molecule has 6 heteroatoms. The van der Waals surface area contributed by atoms with Crippen LogP contribution in [0.25, 0.3) is 11.0 Å². The van der Waals surface area contributed by atoms with Gasteiger partial charge >= 0.3 is 29.6 Å². The number of para-hydroxylation sites is 1. The fraction of sp³-hybridized carbons (Fsp3) is 0.176. The van der Waals surface area contributed by atoms with Gasteiger partial charge in [0, 0.05) is 11.8 Å². The molecular weight excluding hydrogens is 307 g/mol. The van der Waals surface area contributed by atoms with Crippen molar-refractivity contribution in [2.45, 2.75) is 19.3 Å². The molecule has 5 nitrogen and oxygen atoms in total. The Balaban J connectivity index is 0.00000192. The van der Waals surface area contributed by atoms with E-state index in [0.717, 1.165) is 0 Å². The van der Waals surface area contributed by atoms with Gasteiger partial charge in [0.1, 0.15) is 5.78 Å². The van der Waals surface area contributed by atoms with Crippen LogP contribution in [0.3, 0.4) is 0 Å². The summed E-state index contributed by atoms with van der Waals surface area (Å²) in [6, 6.07) is 9.83. The van der Waals surface area contributed by atoms with Crippen LogP contribution in [0.4, 0.5) is 0 Å². The second-order valence-electron chi connectivity index (χ2n) is 5.10. The molecule has 23 heavy (non-hydrogen) atoms. The molecule has 3 rings (SSSR count). The molecule has 112 valence electrons. The van der Waals surface area contributed by atoms with Crippen LogP contribution in [0.5, 0.6) is 0 Å². The van der Waals surface area contributed by atoms with E-state index in [9.17, 15) is 14.4 Å². The van der Waals surface area contributed by atoms with Crippen molar-refractivity contribution < 1.29 is 43.2 Å². The predicted molar refractivity (Wildman–Crippen MR) is 80.2 cm³/mol. The van der Waals surface area contributed by atoms with Gasteiger partial charge in [-0.15, -0.1) is 6.07 Å². The first kappa shape index (κ1) is 17.5. The molecule has 0 bridgehead atoms. The zero-order valence-electron chi connectivity index (χ0n) is 12.9. The quantitative estimate of drug-likeness (QED) is 0.371. The Kier molecular flexibility index (Phi) is 5.46. The van der Waals surface area contributed by atoms with E-state index in [4.69, 9.17) is 8.83 Å². The molecule has 1 atom stereocenters. The maximum Gasteiger partial charge on any atom is 1.00 e. The summed E-state index contributed by atoms with van der Waals surface area (Å²) in [6.45, 7) is 1.41. The minimum Gasteiger partial charge on any atom is -0.470 e. The Hall–Kier alpha value is -1.82. The van der Waals surface area contributed by atoms with Crippen molar-refractivity contribution in [3.8, 4) is 0 Å². The number of rotatable bonds is 4. The van der Waals surface area contributed by atoms with Crippen molar-refractivity contribution in [3.63, 3.8) is 0 Å². The molecule has 2 heterocycles. The summed E-state index contributed by atoms with van der Waals surface area (Å²) in [6.07, 6.45) is 1.45. The molecule has 0 aliphatic rings. The van der Waals surface area contributed by atoms with Gasteiger partial charge < -0.3 is 18.4 Å². The number of carbonyl (C=O) groups is 1. The zero-order chi connectivity index (χ0) is 15.7. The fourth-order valence-electron chi connectivity index (χ4n) is 2.56. The smallest absolute Gasteiger partial charge is 0.470 e. The Labute approximate surface area is 153 Å². The molecule has 0 fully saturated rings. The van der Waals surface area contributed by atoms with E-state index in [1.165, 1.54) is 13.2 Å². The van der Waals surface area contributed by atoms with E-state index >= 15 is 0 Å². The van der Waals surface area contributed by atoms with Crippen molar-refractivity contribution in [1.82, 2.24) is 0 Å². The molecule has 0 amide bonds. The van der Waals surface area contributed by atoms with Gasteiger partial charge in [-0.05, 0) is 31.0 Å². The summed E-state index contributed by atoms with van der Waals surface area (Å²) in [5, 5.41) is 0.317. The molecule has 0 aliphatic heterocycles. The van der Waals surface area contributed by atoms with Crippen molar-refractivity contribution >= 4 is 16.8 Å². The number of hydrogen-bond acceptors (Lipinski definition) is 5. The summed E-state index contributed by atoms with van der Waals surface area (Å²) in [7, 11) is 0. The predicted octanol–water partition coefficient (Wildman–Crippen LogP) is -0.420. The maximum absolute atomic E-state index is 12.7. The normalized spacial score (nSPS) is 11.9. The van der Waals surface area contributed by atoms with E-state index in [1.807, 2.05) is 0 Å². The van der Waals surface area contributed by atoms with Crippen molar-refractivity contribution in [2.75, 3.05) is 0 Å². The van der Waals surface area contributed by atoms with E-state index in [2.05, 4.69) is 0 Å². The summed E-state index contributed by atoms with van der Waals surface area (Å²) in [5.74, 6) is -0.482. The van der Waals surface area contributed by atoms with Gasteiger partial charge in [-0.3, -0.25) is 4.79 Å². The third-order valence-corrected chi connectivity index (χ3v) is 3.53. The standard InChI is InChI=1S/C17H13O5.Na/c1-10(18)9-12(13-7-4-8-21-13)15-16(19)11-5-2-3-6-14(11)22-17(15)20;/h2-8,12H,9H2,1H3;/q-1;+1. The van der Waals surface area contributed by atoms with Crippen molar-refractivity contribution in [2.24, 2.45) is 0 Å². The molecule has 3 aromatic rings. The van der Waals surface area contributed by atoms with Crippen LogP contribution in [-0.2, 0) is 4.79 Å². The van der Waals surface area contributed by atoms with Gasteiger partial charge in [-0.1, -0.05) is 23.1 Å². The van der Waals surface area contributed by atoms with Gasteiger partial charge in [-0.2, -0.15) is 0 Å². The molecule has 0 aliphatic carbocycles. The number of benzene rings is 1. The SMILES string of the molecule is CC(=O)CC(c1ccco1)[c-]1c(=O)oc2ccccc2c1=O.[Na+]. The first-order valence-corrected chi connectivity index (χ1v) is 6.83. The van der Waals surface area contributed by atoms with Gasteiger partial charge in [0.05, 0.1) is 17.6 Å². The van der Waals surface area contributed by atoms with Crippen LogP contribution in [0.1, 0.15) is 30.6 Å². The van der Waals surface area contributed by atoms with Gasteiger partial charge in [-0.25, -0.2) is 0 Å². The molecule has 0 radical (unpaired) electrons. The Bertz CT molecular complexity index is 934. The topological polar surface area (TPSA) is 77.5 Å². The number of Topliss-reactive ketones (excluding diaryl/α,β-unsaturated/α-hetero) is 1. The monoisotopic (exact) mass is 320 g/mol. The molecule has 1 aromatic carbocycles. The van der Waals surface area contributed by atoms with Crippen LogP contribution in [0.15, 0.2) is 61.1 Å². The summed E-state index contributed by atoms with van der Waals surface area (Å²) in [4.78, 5) is 36.4. The molecule has 0 saturated carbocycles.